The fourth-order valence-electron chi connectivity index (χ4n) is 18.6. The quantitative estimate of drug-likeness (QED) is 0.0197. The monoisotopic (exact) mass is 1780 g/mol. The number of aromatic amines is 2. The van der Waals surface area contributed by atoms with Crippen LogP contribution in [0.4, 0.5) is 54.8 Å². The van der Waals surface area contributed by atoms with Crippen LogP contribution in [0.5, 0.6) is 0 Å². The summed E-state index contributed by atoms with van der Waals surface area (Å²) in [6.45, 7) is 13.8. The van der Waals surface area contributed by atoms with Crippen molar-refractivity contribution < 1.29 is 81.8 Å². The average molecular weight is 1780 g/mol. The van der Waals surface area contributed by atoms with Crippen LogP contribution < -0.4 is 29.5 Å². The smallest absolute Gasteiger partial charge is 0.301 e. The molecule has 660 valence electrons. The van der Waals surface area contributed by atoms with Gasteiger partial charge in [0.1, 0.15) is 47.1 Å². The second-order valence-electron chi connectivity index (χ2n) is 33.9. The van der Waals surface area contributed by atoms with Crippen LogP contribution >= 0.6 is 0 Å². The number of fused-ring (bicyclic) bond motifs is 4. The standard InChI is InChI=1S/C46H46F3N9O5S.C45H44F3N7O7S/c1-27-2-11-40(45(60)52-27)58-25-31-18-34(7-8-35(31)46(58)61)55-16-14-54(15-17-55)22-28-23-56(24-28)33-5-3-29(4-6-33)30-19-36-37(21-51-44(36)50-20-30)43(59)41-38(48)9-10-39(42(41)49)53-64(62,63)57-13-12-32(47)26-57;46-30-11-14-54(25-30)63(61,62)51-37-9-8-36(47)41(42(37)48)43(59)35-23-50-44-34(35)20-28(22-49-44)26-1-4-31(5-2-26)53-17-15-52(16-18-53)13-12-39(57)27-3-7-33-29(19-27)24-55(45(33)60)38-10-6-32(56)21-40(38)58/h3-10,18-21,28,32,40,53H,1-2,11-17,22-26H2,(H,50,51)(H,52,60);1-5,7-9,19-20,22-23,30,38-39,51,57H,6,10-18,21,24-25H2,(H,49,50)/t32-,40?;30-,38?,39?/m11/s1. The number of benzene rings is 6. The third-order valence-corrected chi connectivity index (χ3v) is 28.7. The number of piperidine rings is 1. The average Bonchev–Trinajstić information content (AvgIpc) is 1.71. The summed E-state index contributed by atoms with van der Waals surface area (Å²) in [7, 11) is -8.72. The van der Waals surface area contributed by atoms with Gasteiger partial charge in [-0.15, -0.1) is 0 Å². The molecule has 4 aromatic heterocycles. The molecule has 1 saturated carbocycles. The number of allylic oxidation sites excluding steroid dienone is 1. The number of amides is 3. The lowest BCUT2D eigenvalue weighted by molar-refractivity contribution is -0.133. The molecule has 8 aliphatic heterocycles. The van der Waals surface area contributed by atoms with Gasteiger partial charge in [-0.2, -0.15) is 25.4 Å². The van der Waals surface area contributed by atoms with Crippen LogP contribution in [-0.4, -0.2) is 240 Å². The number of carbonyl (C=O) groups excluding carboxylic acids is 7. The Morgan fingerprint density at radius 2 is 1.01 bits per heavy atom. The molecule has 6 aromatic carbocycles. The van der Waals surface area contributed by atoms with E-state index < -0.39 is 115 Å². The maximum Gasteiger partial charge on any atom is 0.301 e. The number of nitrogens with zero attached hydrogens (tertiary/aromatic N) is 11. The van der Waals surface area contributed by atoms with Crippen LogP contribution in [-0.2, 0) is 47.9 Å². The highest BCUT2D eigenvalue weighted by molar-refractivity contribution is 7.90. The minimum atomic E-state index is -4.36. The first kappa shape index (κ1) is 85.6. The number of hydrogen-bond acceptors (Lipinski definition) is 19. The van der Waals surface area contributed by atoms with Crippen molar-refractivity contribution in [3.05, 3.63) is 232 Å². The van der Waals surface area contributed by atoms with E-state index >= 15 is 17.6 Å². The van der Waals surface area contributed by atoms with Gasteiger partial charge in [0.05, 0.1) is 41.1 Å². The number of aliphatic hydroxyl groups excluding tert-OH is 1. The van der Waals surface area contributed by atoms with Crippen LogP contribution in [0.3, 0.4) is 0 Å². The summed E-state index contributed by atoms with van der Waals surface area (Å²) in [5.74, 6) is -7.39. The van der Waals surface area contributed by atoms with Gasteiger partial charge < -0.3 is 44.9 Å². The van der Waals surface area contributed by atoms with Gasteiger partial charge in [0, 0.05) is 222 Å². The number of aromatic nitrogens is 4. The number of alkyl halides is 2. The van der Waals surface area contributed by atoms with Crippen LogP contribution in [0.15, 0.2) is 158 Å². The first-order valence-corrected chi connectivity index (χ1v) is 45.2. The number of nitrogens with one attached hydrogen (secondary N) is 5. The number of hydrogen-bond donors (Lipinski definition) is 6. The van der Waals surface area contributed by atoms with Gasteiger partial charge >= 0.3 is 20.4 Å². The lowest BCUT2D eigenvalue weighted by Crippen LogP contribution is -2.55. The number of anilines is 5. The number of H-pyrrole nitrogens is 2. The predicted molar refractivity (Wildman–Crippen MR) is 463 cm³/mol. The Hall–Kier alpha value is -12.2. The Labute approximate surface area is 726 Å². The highest BCUT2D eigenvalue weighted by Crippen LogP contribution is 2.39. The number of pyridine rings is 2. The van der Waals surface area contributed by atoms with Crippen molar-refractivity contribution in [2.24, 2.45) is 5.92 Å². The molecule has 12 heterocycles. The van der Waals surface area contributed by atoms with E-state index in [-0.39, 0.29) is 85.9 Å². The van der Waals surface area contributed by atoms with E-state index in [4.69, 9.17) is 0 Å². The Bertz CT molecular complexity index is 6340. The molecule has 3 amide bonds. The van der Waals surface area contributed by atoms with Crippen molar-refractivity contribution in [3.8, 4) is 22.3 Å². The van der Waals surface area contributed by atoms with Crippen LogP contribution in [0, 0.1) is 29.2 Å². The number of Topliss-reactive ketones (excluding diaryl/α,β-unsaturated/α-hetero) is 2. The molecule has 6 saturated heterocycles. The summed E-state index contributed by atoms with van der Waals surface area (Å²) in [5, 5.41) is 14.6. The second-order valence-corrected chi connectivity index (χ2v) is 37.2. The van der Waals surface area contributed by atoms with Crippen LogP contribution in [0.1, 0.15) is 127 Å². The van der Waals surface area contributed by atoms with E-state index in [1.165, 1.54) is 12.4 Å². The van der Waals surface area contributed by atoms with Crippen LogP contribution in [0.2, 0.25) is 0 Å². The van der Waals surface area contributed by atoms with E-state index in [9.17, 15) is 64.3 Å². The normalized spacial score (nSPS) is 20.8. The molecule has 1 aliphatic carbocycles. The SMILES string of the molecule is C=C1CCC(N2Cc3cc(N4CCN(CC5CN(c6ccc(-c7cnc8[nH]cc(C(=O)c9c(F)ccc(NS(=O)(=O)N%10CC[C@@H](F)C%10)c9F)c8c7)cc6)C5)CC4)ccc3C2=O)C(=O)N1.O=C1CCC(N2Cc3cc(C(O)CCN4CCN(c5ccc(-c6cnc7[nH]cc(C(=O)c8c(F)ccc(NS(=O)(=O)N9CC[C@@H](F)C9)c8F)c7c6)cc5)CC4)ccc3C2=O)C(=O)C1. The van der Waals surface area contributed by atoms with E-state index in [2.05, 4.69) is 62.4 Å². The topological polar surface area (TPSA) is 331 Å². The summed E-state index contributed by atoms with van der Waals surface area (Å²) < 4.78 is 146. The van der Waals surface area contributed by atoms with Crippen molar-refractivity contribution in [2.45, 2.75) is 95.0 Å². The highest BCUT2D eigenvalue weighted by atomic mass is 32.2. The summed E-state index contributed by atoms with van der Waals surface area (Å²) >= 11 is 0. The van der Waals surface area contributed by atoms with Gasteiger partial charge in [0.25, 0.3) is 11.8 Å². The Morgan fingerprint density at radius 3 is 1.52 bits per heavy atom. The van der Waals surface area contributed by atoms with E-state index in [1.54, 1.807) is 46.5 Å². The fourth-order valence-corrected chi connectivity index (χ4v) is 21.1. The van der Waals surface area contributed by atoms with Crippen molar-refractivity contribution in [1.82, 2.24) is 53.5 Å². The fraction of sp³-hybridized carbons (Fsp3) is 0.352. The number of carbonyl (C=O) groups is 7. The summed E-state index contributed by atoms with van der Waals surface area (Å²) in [5.41, 5.74) is 7.85. The van der Waals surface area contributed by atoms with E-state index in [0.717, 1.165) is 150 Å². The Balaban J connectivity index is 0.000000172. The number of aliphatic hydroxyl groups is 1. The minimum absolute atomic E-state index is 0.00456. The number of ketones is 4. The van der Waals surface area contributed by atoms with Gasteiger partial charge in [-0.1, -0.05) is 43.0 Å². The molecule has 3 unspecified atom stereocenters. The van der Waals surface area contributed by atoms with Crippen molar-refractivity contribution in [1.29, 1.82) is 0 Å². The molecule has 5 atom stereocenters. The van der Waals surface area contributed by atoms with Crippen LogP contribution in [0.25, 0.3) is 44.3 Å². The zero-order chi connectivity index (χ0) is 88.6. The first-order valence-electron chi connectivity index (χ1n) is 42.4. The molecule has 0 radical (unpaired) electrons. The molecule has 10 aromatic rings. The lowest BCUT2D eigenvalue weighted by atomic mass is 9.92. The summed E-state index contributed by atoms with van der Waals surface area (Å²) in [4.78, 5) is 120. The molecular weight excluding hydrogens is 1690 g/mol. The number of rotatable bonds is 23. The van der Waals surface area contributed by atoms with E-state index in [0.29, 0.717) is 101 Å². The highest BCUT2D eigenvalue weighted by Gasteiger charge is 2.43. The second kappa shape index (κ2) is 34.9. The molecule has 7 fully saturated rings. The minimum Gasteiger partial charge on any atom is -0.388 e. The van der Waals surface area contributed by atoms with Gasteiger partial charge in [-0.05, 0) is 151 Å². The van der Waals surface area contributed by atoms with Crippen molar-refractivity contribution >= 4 is 112 Å². The molecule has 36 heteroatoms. The lowest BCUT2D eigenvalue weighted by Gasteiger charge is -2.45. The molecular formula is C91H90F6N16O12S2. The van der Waals surface area contributed by atoms with Gasteiger partial charge in [-0.3, -0.25) is 52.8 Å². The van der Waals surface area contributed by atoms with E-state index in [1.807, 2.05) is 76.2 Å². The first-order chi connectivity index (χ1) is 61.0. The Morgan fingerprint density at radius 1 is 0.528 bits per heavy atom. The molecule has 0 bridgehead atoms. The molecule has 6 N–H and O–H groups in total. The maximum absolute atomic E-state index is 15.7. The molecule has 19 rings (SSSR count). The maximum atomic E-state index is 15.7. The third-order valence-electron chi connectivity index (χ3n) is 25.7. The molecule has 28 nitrogen and oxygen atoms in total. The molecule has 127 heavy (non-hydrogen) atoms. The Kier molecular flexibility index (Phi) is 23.5. The van der Waals surface area contributed by atoms with Gasteiger partial charge in [0.15, 0.2) is 17.4 Å². The third kappa shape index (κ3) is 17.3. The van der Waals surface area contributed by atoms with Gasteiger partial charge in [0.2, 0.25) is 17.5 Å². The zero-order valence-corrected chi connectivity index (χ0v) is 70.5. The largest absolute Gasteiger partial charge is 0.388 e. The number of halogens is 6. The van der Waals surface area contributed by atoms with Crippen molar-refractivity contribution in [2.75, 3.05) is 129 Å². The van der Waals surface area contributed by atoms with Crippen molar-refractivity contribution in [3.63, 3.8) is 0 Å². The summed E-state index contributed by atoms with van der Waals surface area (Å²) in [6.07, 6.45) is 4.70. The molecule has 9 aliphatic rings. The zero-order valence-electron chi connectivity index (χ0n) is 68.9. The molecule has 0 spiro atoms. The predicted octanol–water partition coefficient (Wildman–Crippen LogP) is 10.8. The van der Waals surface area contributed by atoms with Gasteiger partial charge in [-0.25, -0.2) is 36.3 Å². The summed E-state index contributed by atoms with van der Waals surface area (Å²) in [6, 6.07) is 32.9. The number of piperazine rings is 2.